The fourth-order valence-electron chi connectivity index (χ4n) is 2.17. The summed E-state index contributed by atoms with van der Waals surface area (Å²) in [6.45, 7) is 2.17. The van der Waals surface area contributed by atoms with E-state index in [1.807, 2.05) is 6.92 Å². The van der Waals surface area contributed by atoms with Crippen molar-refractivity contribution in [3.8, 4) is 11.5 Å². The summed E-state index contributed by atoms with van der Waals surface area (Å²) in [6.07, 6.45) is 2.79. The van der Waals surface area contributed by atoms with Crippen LogP contribution < -0.4 is 9.47 Å². The van der Waals surface area contributed by atoms with Crippen LogP contribution in [-0.4, -0.2) is 32.8 Å². The number of methoxy groups -OCH3 is 2. The van der Waals surface area contributed by atoms with Crippen LogP contribution in [0.4, 0.5) is 0 Å². The molecule has 0 spiro atoms. The van der Waals surface area contributed by atoms with Crippen LogP contribution >= 0.6 is 11.6 Å². The summed E-state index contributed by atoms with van der Waals surface area (Å²) < 4.78 is 25.5. The van der Waals surface area contributed by atoms with Gasteiger partial charge in [0.1, 0.15) is 12.4 Å². The Balaban J connectivity index is 2.00. The first kappa shape index (κ1) is 20.4. The van der Waals surface area contributed by atoms with Crippen molar-refractivity contribution in [2.45, 2.75) is 13.5 Å². The molecule has 0 fully saturated rings. The second-order valence-corrected chi connectivity index (χ2v) is 5.57. The lowest BCUT2D eigenvalue weighted by Gasteiger charge is -2.11. The van der Waals surface area contributed by atoms with Gasteiger partial charge in [-0.25, -0.2) is 9.59 Å². The molecule has 0 N–H and O–H groups in total. The summed E-state index contributed by atoms with van der Waals surface area (Å²) in [5.74, 6) is 0.0764. The number of hydrogen-bond acceptors (Lipinski definition) is 7. The largest absolute Gasteiger partial charge is 0.491 e. The molecule has 0 bridgehead atoms. The van der Waals surface area contributed by atoms with Crippen molar-refractivity contribution in [2.75, 3.05) is 20.8 Å². The van der Waals surface area contributed by atoms with Gasteiger partial charge in [-0.2, -0.15) is 0 Å². The van der Waals surface area contributed by atoms with Crippen molar-refractivity contribution in [3.63, 3.8) is 0 Å². The highest BCUT2D eigenvalue weighted by Crippen LogP contribution is 2.36. The van der Waals surface area contributed by atoms with Gasteiger partial charge in [-0.05, 0) is 42.8 Å². The number of halogens is 1. The highest BCUT2D eigenvalue weighted by atomic mass is 35.5. The number of carbonyl (C=O) groups is 2. The predicted molar refractivity (Wildman–Crippen MR) is 98.1 cm³/mol. The number of carbonyl (C=O) groups excluding carboxylic acids is 2. The minimum Gasteiger partial charge on any atom is -0.491 e. The van der Waals surface area contributed by atoms with Gasteiger partial charge in [0.2, 0.25) is 5.76 Å². The molecule has 0 aliphatic rings. The molecule has 0 amide bonds. The molecule has 2 rings (SSSR count). The van der Waals surface area contributed by atoms with Gasteiger partial charge in [0, 0.05) is 6.08 Å². The number of hydrogen-bond donors (Lipinski definition) is 0. The van der Waals surface area contributed by atoms with Gasteiger partial charge in [0.15, 0.2) is 11.5 Å². The van der Waals surface area contributed by atoms with Crippen molar-refractivity contribution in [2.24, 2.45) is 0 Å². The zero-order valence-corrected chi connectivity index (χ0v) is 15.9. The maximum Gasteiger partial charge on any atom is 0.373 e. The Morgan fingerprint density at radius 1 is 1.22 bits per heavy atom. The van der Waals surface area contributed by atoms with Gasteiger partial charge in [-0.1, -0.05) is 11.6 Å². The maximum absolute atomic E-state index is 11.9. The summed E-state index contributed by atoms with van der Waals surface area (Å²) in [5, 5.41) is 0.363. The van der Waals surface area contributed by atoms with Crippen molar-refractivity contribution >= 4 is 29.6 Å². The Morgan fingerprint density at radius 3 is 2.67 bits per heavy atom. The van der Waals surface area contributed by atoms with E-state index in [0.717, 1.165) is 0 Å². The molecule has 0 unspecified atom stereocenters. The van der Waals surface area contributed by atoms with Crippen molar-refractivity contribution in [1.29, 1.82) is 0 Å². The number of esters is 2. The van der Waals surface area contributed by atoms with Crippen LogP contribution in [0.2, 0.25) is 5.02 Å². The third-order valence-corrected chi connectivity index (χ3v) is 3.63. The molecule has 1 aromatic heterocycles. The molecule has 0 atom stereocenters. The van der Waals surface area contributed by atoms with Crippen LogP contribution in [0.5, 0.6) is 11.5 Å². The average Bonchev–Trinajstić information content (AvgIpc) is 3.13. The Labute approximate surface area is 161 Å². The van der Waals surface area contributed by atoms with E-state index in [4.69, 9.17) is 30.2 Å². The smallest absolute Gasteiger partial charge is 0.373 e. The topological polar surface area (TPSA) is 84.2 Å². The second kappa shape index (κ2) is 9.68. The monoisotopic (exact) mass is 394 g/mol. The lowest BCUT2D eigenvalue weighted by molar-refractivity contribution is -0.139. The van der Waals surface area contributed by atoms with Gasteiger partial charge in [0.05, 0.1) is 25.8 Å². The lowest BCUT2D eigenvalue weighted by Crippen LogP contribution is -2.01. The van der Waals surface area contributed by atoms with E-state index < -0.39 is 11.9 Å². The molecule has 0 aliphatic carbocycles. The van der Waals surface area contributed by atoms with E-state index in [1.54, 1.807) is 12.1 Å². The molecule has 0 radical (unpaired) electrons. The molecular weight excluding hydrogens is 376 g/mol. The summed E-state index contributed by atoms with van der Waals surface area (Å²) in [4.78, 5) is 23.2. The second-order valence-electron chi connectivity index (χ2n) is 5.17. The standard InChI is InChI=1S/C19H19ClO7/c1-4-25-16-10-12(9-14(20)18(16)23-2)5-8-17(21)26-11-13-6-7-15(27-13)19(22)24-3/h5-10H,4,11H2,1-3H3/b8-5+. The van der Waals surface area contributed by atoms with E-state index in [0.29, 0.717) is 34.5 Å². The van der Waals surface area contributed by atoms with Gasteiger partial charge in [-0.3, -0.25) is 0 Å². The van der Waals surface area contributed by atoms with Crippen LogP contribution in [0.15, 0.2) is 34.8 Å². The van der Waals surface area contributed by atoms with Crippen LogP contribution in [0.25, 0.3) is 6.08 Å². The SMILES string of the molecule is CCOc1cc(/C=C/C(=O)OCc2ccc(C(=O)OC)o2)cc(Cl)c1OC. The first-order valence-electron chi connectivity index (χ1n) is 8.00. The van der Waals surface area contributed by atoms with Gasteiger partial charge < -0.3 is 23.4 Å². The van der Waals surface area contributed by atoms with E-state index in [2.05, 4.69) is 4.74 Å². The summed E-state index contributed by atoms with van der Waals surface area (Å²) in [5.41, 5.74) is 0.646. The van der Waals surface area contributed by atoms with Gasteiger partial charge in [-0.15, -0.1) is 0 Å². The van der Waals surface area contributed by atoms with E-state index in [-0.39, 0.29) is 12.4 Å². The Hall–Kier alpha value is -2.93. The minimum atomic E-state index is -0.603. The van der Waals surface area contributed by atoms with Gasteiger partial charge >= 0.3 is 11.9 Å². The quantitative estimate of drug-likeness (QED) is 0.496. The normalized spacial score (nSPS) is 10.7. The molecule has 0 saturated carbocycles. The molecule has 1 aromatic carbocycles. The van der Waals surface area contributed by atoms with Gasteiger partial charge in [0.25, 0.3) is 0 Å². The van der Waals surface area contributed by atoms with Crippen molar-refractivity contribution < 1.29 is 33.0 Å². The highest BCUT2D eigenvalue weighted by molar-refractivity contribution is 6.32. The average molecular weight is 395 g/mol. The molecular formula is C19H19ClO7. The maximum atomic E-state index is 11.9. The van der Waals surface area contributed by atoms with Crippen LogP contribution in [0.1, 0.15) is 28.8 Å². The first-order valence-corrected chi connectivity index (χ1v) is 8.38. The van der Waals surface area contributed by atoms with Crippen molar-refractivity contribution in [1.82, 2.24) is 0 Å². The zero-order valence-electron chi connectivity index (χ0n) is 15.1. The molecule has 2 aromatic rings. The Kier molecular flexibility index (Phi) is 7.31. The van der Waals surface area contributed by atoms with Crippen LogP contribution in [0.3, 0.4) is 0 Å². The molecule has 0 saturated heterocycles. The summed E-state index contributed by atoms with van der Waals surface area (Å²) >= 11 is 6.16. The third-order valence-electron chi connectivity index (χ3n) is 3.35. The molecule has 27 heavy (non-hydrogen) atoms. The third kappa shape index (κ3) is 5.52. The predicted octanol–water partition coefficient (Wildman–Crippen LogP) is 3.88. The number of benzene rings is 1. The zero-order chi connectivity index (χ0) is 19.8. The summed E-state index contributed by atoms with van der Waals surface area (Å²) in [6, 6.07) is 6.31. The fraction of sp³-hybridized carbons (Fsp3) is 0.263. The number of rotatable bonds is 8. The minimum absolute atomic E-state index is 0.0374. The number of furan rings is 1. The molecule has 7 nitrogen and oxygen atoms in total. The van der Waals surface area contributed by atoms with Crippen LogP contribution in [-0.2, 0) is 20.9 Å². The van der Waals surface area contributed by atoms with E-state index in [9.17, 15) is 9.59 Å². The molecule has 144 valence electrons. The van der Waals surface area contributed by atoms with Crippen molar-refractivity contribution in [3.05, 3.63) is 52.4 Å². The van der Waals surface area contributed by atoms with E-state index >= 15 is 0 Å². The van der Waals surface area contributed by atoms with Crippen LogP contribution in [0, 0.1) is 0 Å². The molecule has 8 heteroatoms. The first-order chi connectivity index (χ1) is 13.0. The van der Waals surface area contributed by atoms with E-state index in [1.165, 1.54) is 38.5 Å². The Morgan fingerprint density at radius 2 is 2.00 bits per heavy atom. The molecule has 0 aliphatic heterocycles. The fourth-order valence-corrected chi connectivity index (χ4v) is 2.46. The summed E-state index contributed by atoms with van der Waals surface area (Å²) in [7, 11) is 2.74. The number of ether oxygens (including phenoxy) is 4. The molecule has 1 heterocycles. The lowest BCUT2D eigenvalue weighted by atomic mass is 10.2. The highest BCUT2D eigenvalue weighted by Gasteiger charge is 2.12. The Bertz CT molecular complexity index is 839.